The van der Waals surface area contributed by atoms with Crippen molar-refractivity contribution >= 4 is 17.4 Å². The Bertz CT molecular complexity index is 952. The second-order valence-electron chi connectivity index (χ2n) is 6.33. The number of carbonyl (C=O) groups excluding carboxylic acids is 1. The lowest BCUT2D eigenvalue weighted by Crippen LogP contribution is -2.42. The molecule has 1 saturated heterocycles. The fourth-order valence-corrected chi connectivity index (χ4v) is 3.20. The van der Waals surface area contributed by atoms with Crippen molar-refractivity contribution < 1.29 is 9.53 Å². The van der Waals surface area contributed by atoms with E-state index in [9.17, 15) is 4.79 Å². The summed E-state index contributed by atoms with van der Waals surface area (Å²) in [7, 11) is 1.83. The van der Waals surface area contributed by atoms with E-state index in [1.54, 1.807) is 11.1 Å². The molecule has 0 aliphatic carbocycles. The largest absolute Gasteiger partial charge is 0.373 e. The highest BCUT2D eigenvalue weighted by molar-refractivity contribution is 5.93. The number of nitrogens with one attached hydrogen (secondary N) is 1. The van der Waals surface area contributed by atoms with Gasteiger partial charge in [-0.15, -0.1) is 0 Å². The van der Waals surface area contributed by atoms with Crippen molar-refractivity contribution in [2.24, 2.45) is 0 Å². The summed E-state index contributed by atoms with van der Waals surface area (Å²) in [4.78, 5) is 23.7. The number of hydrogen-bond donors (Lipinski definition) is 1. The number of rotatable bonds is 3. The van der Waals surface area contributed by atoms with Gasteiger partial charge in [0.05, 0.1) is 18.8 Å². The van der Waals surface area contributed by atoms with Crippen LogP contribution in [0.2, 0.25) is 0 Å². The van der Waals surface area contributed by atoms with Crippen molar-refractivity contribution in [3.05, 3.63) is 59.7 Å². The monoisotopic (exact) mass is 351 g/mol. The number of morpholine rings is 1. The molecule has 0 bridgehead atoms. The molecule has 7 heteroatoms. The lowest BCUT2D eigenvalue weighted by Gasteiger charge is -2.32. The third-order valence-corrected chi connectivity index (χ3v) is 4.63. The Morgan fingerprint density at radius 2 is 2.08 bits per heavy atom. The van der Waals surface area contributed by atoms with Crippen LogP contribution in [0.15, 0.2) is 42.6 Å². The highest BCUT2D eigenvalue weighted by atomic mass is 16.5. The van der Waals surface area contributed by atoms with E-state index in [4.69, 9.17) is 4.74 Å². The van der Waals surface area contributed by atoms with Crippen molar-refractivity contribution in [3.63, 3.8) is 0 Å². The van der Waals surface area contributed by atoms with Crippen molar-refractivity contribution in [3.8, 4) is 0 Å². The van der Waals surface area contributed by atoms with Crippen molar-refractivity contribution in [2.75, 3.05) is 32.1 Å². The Balaban J connectivity index is 1.56. The van der Waals surface area contributed by atoms with Crippen LogP contribution in [0.3, 0.4) is 0 Å². The third-order valence-electron chi connectivity index (χ3n) is 4.63. The Morgan fingerprint density at radius 3 is 2.88 bits per heavy atom. The summed E-state index contributed by atoms with van der Waals surface area (Å²) in [5.41, 5.74) is 3.10. The van der Waals surface area contributed by atoms with Crippen LogP contribution in [0.1, 0.15) is 28.0 Å². The highest BCUT2D eigenvalue weighted by Gasteiger charge is 2.28. The van der Waals surface area contributed by atoms with Gasteiger partial charge in [-0.3, -0.25) is 4.79 Å². The standard InChI is InChI=1S/C19H21N5O2/c1-13-5-3-8-18-22-15(11-24(13)18)19(25)23-9-10-26-16(12-23)14-6-4-7-17(20-2)21-14/h3-8,11,16H,9-10,12H2,1-2H3,(H,20,21)/t16-/m0/s1. The summed E-state index contributed by atoms with van der Waals surface area (Å²) >= 11 is 0. The van der Waals surface area contributed by atoms with Gasteiger partial charge in [0.2, 0.25) is 0 Å². The molecule has 1 aliphatic rings. The number of aromatic nitrogens is 3. The first-order valence-corrected chi connectivity index (χ1v) is 8.66. The minimum atomic E-state index is -0.236. The molecule has 134 valence electrons. The molecule has 1 aliphatic heterocycles. The van der Waals surface area contributed by atoms with Gasteiger partial charge in [0.1, 0.15) is 23.3 Å². The zero-order chi connectivity index (χ0) is 18.1. The highest BCUT2D eigenvalue weighted by Crippen LogP contribution is 2.23. The summed E-state index contributed by atoms with van der Waals surface area (Å²) in [6, 6.07) is 11.6. The molecule has 26 heavy (non-hydrogen) atoms. The summed E-state index contributed by atoms with van der Waals surface area (Å²) < 4.78 is 7.78. The van der Waals surface area contributed by atoms with Gasteiger partial charge in [-0.05, 0) is 31.2 Å². The van der Waals surface area contributed by atoms with Crippen LogP contribution in [-0.4, -0.2) is 51.9 Å². The third kappa shape index (κ3) is 3.01. The number of nitrogens with zero attached hydrogens (tertiary/aromatic N) is 4. The lowest BCUT2D eigenvalue weighted by atomic mass is 10.1. The topological polar surface area (TPSA) is 71.8 Å². The van der Waals surface area contributed by atoms with Gasteiger partial charge >= 0.3 is 0 Å². The molecule has 0 saturated carbocycles. The van der Waals surface area contributed by atoms with E-state index >= 15 is 0 Å². The van der Waals surface area contributed by atoms with Crippen LogP contribution in [0.25, 0.3) is 5.65 Å². The van der Waals surface area contributed by atoms with Gasteiger partial charge in [0.15, 0.2) is 0 Å². The molecule has 3 aromatic rings. The zero-order valence-electron chi connectivity index (χ0n) is 14.8. The average molecular weight is 351 g/mol. The zero-order valence-corrected chi connectivity index (χ0v) is 14.8. The Labute approximate surface area is 151 Å². The number of imidazole rings is 1. The number of amides is 1. The first kappa shape index (κ1) is 16.5. The molecule has 3 aromatic heterocycles. The number of anilines is 1. The van der Waals surface area contributed by atoms with E-state index in [1.165, 1.54) is 0 Å². The van der Waals surface area contributed by atoms with Crippen LogP contribution in [0.5, 0.6) is 0 Å². The predicted molar refractivity (Wildman–Crippen MR) is 98.3 cm³/mol. The van der Waals surface area contributed by atoms with Crippen molar-refractivity contribution in [1.82, 2.24) is 19.3 Å². The minimum Gasteiger partial charge on any atom is -0.373 e. The molecule has 0 unspecified atom stereocenters. The molecule has 0 aromatic carbocycles. The number of aryl methyl sites for hydroxylation is 1. The van der Waals surface area contributed by atoms with Gasteiger partial charge in [0, 0.05) is 25.5 Å². The van der Waals surface area contributed by atoms with E-state index in [0.717, 1.165) is 22.9 Å². The summed E-state index contributed by atoms with van der Waals surface area (Å²) in [5, 5.41) is 3.03. The second kappa shape index (κ2) is 6.76. The maximum Gasteiger partial charge on any atom is 0.274 e. The predicted octanol–water partition coefficient (Wildman–Crippen LogP) is 2.29. The molecule has 0 radical (unpaired) electrons. The summed E-state index contributed by atoms with van der Waals surface area (Å²) in [5.74, 6) is 0.705. The Hall–Kier alpha value is -2.93. The molecule has 0 spiro atoms. The van der Waals surface area contributed by atoms with E-state index in [0.29, 0.717) is 25.4 Å². The first-order valence-electron chi connectivity index (χ1n) is 8.66. The number of carbonyl (C=O) groups is 1. The van der Waals surface area contributed by atoms with Crippen LogP contribution in [0.4, 0.5) is 5.82 Å². The number of ether oxygens (including phenoxy) is 1. The number of fused-ring (bicyclic) bond motifs is 1. The second-order valence-corrected chi connectivity index (χ2v) is 6.33. The fourth-order valence-electron chi connectivity index (χ4n) is 3.20. The van der Waals surface area contributed by atoms with Gasteiger partial charge in [-0.25, -0.2) is 9.97 Å². The molecule has 1 N–H and O–H groups in total. The SMILES string of the molecule is CNc1cccc([C@@H]2CN(C(=O)c3cn4c(C)cccc4n3)CCO2)n1. The van der Waals surface area contributed by atoms with E-state index in [2.05, 4.69) is 15.3 Å². The molecule has 1 amide bonds. The number of pyridine rings is 2. The fraction of sp³-hybridized carbons (Fsp3) is 0.316. The molecule has 4 heterocycles. The lowest BCUT2D eigenvalue weighted by molar-refractivity contribution is -0.0248. The number of hydrogen-bond acceptors (Lipinski definition) is 5. The quantitative estimate of drug-likeness (QED) is 0.784. The molecule has 7 nitrogen and oxygen atoms in total. The summed E-state index contributed by atoms with van der Waals surface area (Å²) in [6.07, 6.45) is 1.57. The van der Waals surface area contributed by atoms with Crippen LogP contribution in [0, 0.1) is 6.92 Å². The van der Waals surface area contributed by atoms with E-state index in [1.807, 2.05) is 54.8 Å². The first-order chi connectivity index (χ1) is 12.7. The van der Waals surface area contributed by atoms with Crippen LogP contribution < -0.4 is 5.32 Å². The average Bonchev–Trinajstić information content (AvgIpc) is 3.13. The molecule has 1 fully saturated rings. The Morgan fingerprint density at radius 1 is 1.23 bits per heavy atom. The van der Waals surface area contributed by atoms with Crippen molar-refractivity contribution in [1.29, 1.82) is 0 Å². The Kier molecular flexibility index (Phi) is 4.30. The molecule has 1 atom stereocenters. The van der Waals surface area contributed by atoms with E-state index < -0.39 is 0 Å². The van der Waals surface area contributed by atoms with Crippen molar-refractivity contribution in [2.45, 2.75) is 13.0 Å². The normalized spacial score (nSPS) is 17.5. The maximum absolute atomic E-state index is 12.9. The smallest absolute Gasteiger partial charge is 0.274 e. The maximum atomic E-state index is 12.9. The van der Waals surface area contributed by atoms with Gasteiger partial charge < -0.3 is 19.4 Å². The molecular weight excluding hydrogens is 330 g/mol. The van der Waals surface area contributed by atoms with Crippen LogP contribution >= 0.6 is 0 Å². The summed E-state index contributed by atoms with van der Waals surface area (Å²) in [6.45, 7) is 3.49. The van der Waals surface area contributed by atoms with Gasteiger partial charge in [-0.2, -0.15) is 0 Å². The van der Waals surface area contributed by atoms with Crippen LogP contribution in [-0.2, 0) is 4.74 Å². The van der Waals surface area contributed by atoms with Gasteiger partial charge in [-0.1, -0.05) is 12.1 Å². The minimum absolute atomic E-state index is 0.0776. The van der Waals surface area contributed by atoms with Gasteiger partial charge in [0.25, 0.3) is 5.91 Å². The molecular formula is C19H21N5O2. The molecule has 4 rings (SSSR count). The van der Waals surface area contributed by atoms with E-state index in [-0.39, 0.29) is 12.0 Å².